The van der Waals surface area contributed by atoms with E-state index in [2.05, 4.69) is 37.9 Å². The van der Waals surface area contributed by atoms with Gasteiger partial charge in [0, 0.05) is 13.1 Å². The minimum Gasteiger partial charge on any atom is -0.378 e. The van der Waals surface area contributed by atoms with Crippen molar-refractivity contribution in [3.05, 3.63) is 12.3 Å². The molecule has 0 aromatic rings. The van der Waals surface area contributed by atoms with Gasteiger partial charge in [-0.25, -0.2) is 0 Å². The molecule has 2 heteroatoms. The Morgan fingerprint density at radius 1 is 0.842 bits per heavy atom. The molecule has 0 radical (unpaired) electrons. The molecule has 1 saturated heterocycles. The maximum Gasteiger partial charge on any atom is 0.0573 e. The van der Waals surface area contributed by atoms with E-state index in [0.29, 0.717) is 0 Å². The standard InChI is InChI=1S/C17H35NSi/c1-4-14-19(15-5-2,16-6-3)17-10-13-18-11-8-7-9-12-18/h10,13H,4-9,11-12,14-17H2,1-3H3. The molecular formula is C17H35NSi. The highest BCUT2D eigenvalue weighted by Gasteiger charge is 2.28. The summed E-state index contributed by atoms with van der Waals surface area (Å²) in [5.41, 5.74) is 0. The fraction of sp³-hybridized carbons (Fsp3) is 0.882. The van der Waals surface area contributed by atoms with Gasteiger partial charge in [0.1, 0.15) is 0 Å². The van der Waals surface area contributed by atoms with Crippen LogP contribution in [0.25, 0.3) is 0 Å². The molecule has 0 unspecified atom stereocenters. The first-order valence-electron chi connectivity index (χ1n) is 8.67. The Labute approximate surface area is 122 Å². The molecule has 19 heavy (non-hydrogen) atoms. The van der Waals surface area contributed by atoms with Crippen molar-refractivity contribution in [2.45, 2.75) is 83.5 Å². The van der Waals surface area contributed by atoms with Gasteiger partial charge in [0.2, 0.25) is 0 Å². The average molecular weight is 282 g/mol. The topological polar surface area (TPSA) is 3.24 Å². The quantitative estimate of drug-likeness (QED) is 0.493. The van der Waals surface area contributed by atoms with Gasteiger partial charge >= 0.3 is 0 Å². The van der Waals surface area contributed by atoms with Crippen LogP contribution in [0.4, 0.5) is 0 Å². The number of piperidine rings is 1. The highest BCUT2D eigenvalue weighted by atomic mass is 28.3. The molecule has 112 valence electrons. The van der Waals surface area contributed by atoms with E-state index in [1.807, 2.05) is 0 Å². The van der Waals surface area contributed by atoms with E-state index in [1.165, 1.54) is 57.7 Å². The number of rotatable bonds is 9. The lowest BCUT2D eigenvalue weighted by molar-refractivity contribution is 0.309. The number of hydrogen-bond acceptors (Lipinski definition) is 1. The summed E-state index contributed by atoms with van der Waals surface area (Å²) in [6.45, 7) is 9.71. The maximum absolute atomic E-state index is 2.55. The number of likely N-dealkylation sites (tertiary alicyclic amines) is 1. The van der Waals surface area contributed by atoms with Crippen LogP contribution in [0.1, 0.15) is 59.3 Å². The Hall–Kier alpha value is -0.243. The van der Waals surface area contributed by atoms with Gasteiger partial charge in [0.15, 0.2) is 0 Å². The van der Waals surface area contributed by atoms with Gasteiger partial charge in [0.25, 0.3) is 0 Å². The second kappa shape index (κ2) is 9.63. The summed E-state index contributed by atoms with van der Waals surface area (Å²) in [6.07, 6.45) is 13.4. The molecule has 1 aliphatic rings. The summed E-state index contributed by atoms with van der Waals surface area (Å²) in [7, 11) is -0.994. The van der Waals surface area contributed by atoms with E-state index in [9.17, 15) is 0 Å². The minimum atomic E-state index is -0.994. The first kappa shape index (κ1) is 16.8. The minimum absolute atomic E-state index is 0.994. The molecule has 1 nitrogen and oxygen atoms in total. The van der Waals surface area contributed by atoms with Crippen LogP contribution in [-0.2, 0) is 0 Å². The maximum atomic E-state index is 2.55. The molecule has 1 rings (SSSR count). The number of hydrogen-bond donors (Lipinski definition) is 0. The summed E-state index contributed by atoms with van der Waals surface area (Å²) in [5, 5.41) is 0. The summed E-state index contributed by atoms with van der Waals surface area (Å²) < 4.78 is 0. The Kier molecular flexibility index (Phi) is 8.52. The van der Waals surface area contributed by atoms with Crippen LogP contribution in [0.15, 0.2) is 12.3 Å². The van der Waals surface area contributed by atoms with E-state index >= 15 is 0 Å². The number of allylic oxidation sites excluding steroid dienone is 1. The normalized spacial score (nSPS) is 17.3. The van der Waals surface area contributed by atoms with Crippen LogP contribution in [0.2, 0.25) is 24.2 Å². The Morgan fingerprint density at radius 2 is 1.37 bits per heavy atom. The first-order valence-corrected chi connectivity index (χ1v) is 11.5. The fourth-order valence-corrected chi connectivity index (χ4v) is 8.94. The van der Waals surface area contributed by atoms with E-state index < -0.39 is 8.07 Å². The largest absolute Gasteiger partial charge is 0.378 e. The van der Waals surface area contributed by atoms with Crippen molar-refractivity contribution in [2.24, 2.45) is 0 Å². The predicted octanol–water partition coefficient (Wildman–Crippen LogP) is 5.66. The van der Waals surface area contributed by atoms with Crippen molar-refractivity contribution in [1.82, 2.24) is 4.90 Å². The second-order valence-corrected chi connectivity index (χ2v) is 11.3. The average Bonchev–Trinajstić information content (AvgIpc) is 2.41. The van der Waals surface area contributed by atoms with Gasteiger partial charge in [-0.3, -0.25) is 0 Å². The third-order valence-electron chi connectivity index (χ3n) is 4.60. The van der Waals surface area contributed by atoms with E-state index in [-0.39, 0.29) is 0 Å². The van der Waals surface area contributed by atoms with Gasteiger partial charge in [-0.15, -0.1) is 0 Å². The highest BCUT2D eigenvalue weighted by Crippen LogP contribution is 2.30. The van der Waals surface area contributed by atoms with Crippen LogP contribution >= 0.6 is 0 Å². The second-order valence-electron chi connectivity index (χ2n) is 6.44. The van der Waals surface area contributed by atoms with Crippen molar-refractivity contribution in [3.63, 3.8) is 0 Å². The molecular weight excluding hydrogens is 246 g/mol. The van der Waals surface area contributed by atoms with E-state index in [4.69, 9.17) is 0 Å². The van der Waals surface area contributed by atoms with Crippen molar-refractivity contribution in [3.8, 4) is 0 Å². The summed E-state index contributed by atoms with van der Waals surface area (Å²) >= 11 is 0. The Balaban J connectivity index is 2.51. The van der Waals surface area contributed by atoms with Crippen molar-refractivity contribution in [2.75, 3.05) is 13.1 Å². The van der Waals surface area contributed by atoms with Gasteiger partial charge < -0.3 is 4.90 Å². The zero-order valence-corrected chi connectivity index (χ0v) is 14.6. The fourth-order valence-electron chi connectivity index (χ4n) is 3.79. The van der Waals surface area contributed by atoms with Gasteiger partial charge in [-0.05, 0) is 31.5 Å². The predicted molar refractivity (Wildman–Crippen MR) is 90.4 cm³/mol. The molecule has 1 aliphatic heterocycles. The van der Waals surface area contributed by atoms with Gasteiger partial charge in [-0.1, -0.05) is 64.2 Å². The van der Waals surface area contributed by atoms with Crippen molar-refractivity contribution in [1.29, 1.82) is 0 Å². The van der Waals surface area contributed by atoms with Crippen LogP contribution in [0.5, 0.6) is 0 Å². The molecule has 0 spiro atoms. The molecule has 1 fully saturated rings. The summed E-state index contributed by atoms with van der Waals surface area (Å²) in [4.78, 5) is 2.55. The molecule has 0 aromatic carbocycles. The highest BCUT2D eigenvalue weighted by molar-refractivity contribution is 6.80. The zero-order valence-electron chi connectivity index (χ0n) is 13.6. The molecule has 0 N–H and O–H groups in total. The molecule has 0 atom stereocenters. The molecule has 0 aromatic heterocycles. The molecule has 0 saturated carbocycles. The third-order valence-corrected chi connectivity index (χ3v) is 10.4. The molecule has 0 amide bonds. The summed E-state index contributed by atoms with van der Waals surface area (Å²) in [5.74, 6) is 0. The van der Waals surface area contributed by atoms with Crippen molar-refractivity contribution >= 4 is 8.07 Å². The first-order chi connectivity index (χ1) is 9.26. The van der Waals surface area contributed by atoms with E-state index in [0.717, 1.165) is 0 Å². The lowest BCUT2D eigenvalue weighted by atomic mass is 10.1. The third kappa shape index (κ3) is 6.16. The molecule has 1 heterocycles. The van der Waals surface area contributed by atoms with Crippen LogP contribution in [0, 0.1) is 0 Å². The monoisotopic (exact) mass is 281 g/mol. The van der Waals surface area contributed by atoms with Crippen LogP contribution in [0.3, 0.4) is 0 Å². The van der Waals surface area contributed by atoms with Crippen LogP contribution < -0.4 is 0 Å². The molecule has 0 bridgehead atoms. The van der Waals surface area contributed by atoms with Gasteiger partial charge in [-0.2, -0.15) is 0 Å². The van der Waals surface area contributed by atoms with Gasteiger partial charge in [0.05, 0.1) is 8.07 Å². The SMILES string of the molecule is CCC[Si](CC=CN1CCCCC1)(CCC)CCC. The Morgan fingerprint density at radius 3 is 1.84 bits per heavy atom. The smallest absolute Gasteiger partial charge is 0.0573 e. The van der Waals surface area contributed by atoms with Crippen LogP contribution in [-0.4, -0.2) is 26.1 Å². The lowest BCUT2D eigenvalue weighted by Crippen LogP contribution is -2.33. The zero-order chi connectivity index (χ0) is 14.0. The van der Waals surface area contributed by atoms with Crippen molar-refractivity contribution < 1.29 is 0 Å². The number of nitrogens with zero attached hydrogens (tertiary/aromatic N) is 1. The lowest BCUT2D eigenvalue weighted by Gasteiger charge is -2.31. The Bertz CT molecular complexity index is 227. The summed E-state index contributed by atoms with van der Waals surface area (Å²) in [6, 6.07) is 6.05. The van der Waals surface area contributed by atoms with E-state index in [1.54, 1.807) is 18.1 Å². The molecule has 0 aliphatic carbocycles.